The smallest absolute Gasteiger partial charge is 0.330 e. The summed E-state index contributed by atoms with van der Waals surface area (Å²) < 4.78 is 53.7. The zero-order valence-electron chi connectivity index (χ0n) is 69.2. The van der Waals surface area contributed by atoms with Crippen molar-refractivity contribution in [2.45, 2.75) is 233 Å². The first kappa shape index (κ1) is 94.5. The maximum absolute atomic E-state index is 16.7. The van der Waals surface area contributed by atoms with E-state index in [9.17, 15) is 65.4 Å². The third kappa shape index (κ3) is 21.0. The molecule has 0 saturated carbocycles. The van der Waals surface area contributed by atoms with E-state index in [4.69, 9.17) is 72.6 Å². The number of ether oxygens (including phenoxy) is 8. The molecule has 676 valence electrons. The molecule has 6 aromatic carbocycles. The van der Waals surface area contributed by atoms with Gasteiger partial charge >= 0.3 is 5.97 Å². The van der Waals surface area contributed by atoms with Gasteiger partial charge in [0.25, 0.3) is 0 Å². The maximum atomic E-state index is 16.7. The Hall–Kier alpha value is -9.66. The van der Waals surface area contributed by atoms with Crippen molar-refractivity contribution in [1.82, 2.24) is 47.9 Å². The number of hydrogen-bond donors (Lipinski definition) is 21. The van der Waals surface area contributed by atoms with E-state index < -0.39 is 261 Å². The van der Waals surface area contributed by atoms with Gasteiger partial charge < -0.3 is 148 Å². The number of carbonyl (C=O) groups excluding carboxylic acids is 7. The normalized spacial score (nSPS) is 29.8. The molecule has 8 aliphatic heterocycles. The van der Waals surface area contributed by atoms with E-state index in [1.54, 1.807) is 13.8 Å². The number of aliphatic hydroxyl groups is 6. The molecule has 40 heteroatoms. The summed E-state index contributed by atoms with van der Waals surface area (Å²) in [7, 11) is 1.48. The monoisotopic (exact) mass is 1840 g/mol. The molecule has 22 atom stereocenters. The number of aliphatic hydroxyl groups excluding tert-OH is 6. The Labute approximate surface area is 736 Å². The molecule has 8 heterocycles. The van der Waals surface area contributed by atoms with Crippen LogP contribution in [0.25, 0.3) is 11.1 Å². The second-order valence-corrected chi connectivity index (χ2v) is 34.6. The third-order valence-corrected chi connectivity index (χ3v) is 24.4. The number of halogens is 3. The van der Waals surface area contributed by atoms with Crippen molar-refractivity contribution in [2.24, 2.45) is 17.4 Å². The molecule has 37 nitrogen and oxygen atoms in total. The van der Waals surface area contributed by atoms with Gasteiger partial charge in [-0.05, 0) is 149 Å². The molecule has 8 aliphatic rings. The van der Waals surface area contributed by atoms with E-state index in [1.165, 1.54) is 51.2 Å². The fourth-order valence-electron chi connectivity index (χ4n) is 16.1. The van der Waals surface area contributed by atoms with Crippen LogP contribution in [0.1, 0.15) is 156 Å². The van der Waals surface area contributed by atoms with Gasteiger partial charge in [-0.15, -0.1) is 0 Å². The second-order valence-electron chi connectivity index (χ2n) is 32.9. The van der Waals surface area contributed by atoms with E-state index in [1.807, 2.05) is 45.0 Å². The van der Waals surface area contributed by atoms with Crippen LogP contribution < -0.4 is 73.5 Å². The maximum Gasteiger partial charge on any atom is 0.330 e. The number of likely N-dealkylation sites (N-methyl/N-ethyl adjacent to an activating group) is 1. The summed E-state index contributed by atoms with van der Waals surface area (Å²) in [6.45, 7) is 11.1. The number of hydrogen-bond acceptors (Lipinski definition) is 29. The topological polar surface area (TPSA) is 573 Å². The summed E-state index contributed by atoms with van der Waals surface area (Å²) in [5, 5.41) is 143. The Morgan fingerprint density at radius 3 is 1.94 bits per heavy atom. The minimum Gasteiger partial charge on any atom is -0.507 e. The molecule has 125 heavy (non-hydrogen) atoms. The summed E-state index contributed by atoms with van der Waals surface area (Å²) >= 11 is 18.3. The number of aliphatic carboxylic acids is 1. The molecule has 7 amide bonds. The van der Waals surface area contributed by atoms with Crippen LogP contribution in [-0.2, 0) is 75.1 Å². The standard InChI is InChI=1S/C85H104BrCl2N11O26/c1-9-10-21-92-33-45-52(102)28-44-61(68(45)105)43-23-38(15-18-51(43)101)62-78(112)99-66(81(115)97-64(44)82(116)117)71(123-59-30-84(6,90)74(108)36(4)118-59)40-17-20-54(48(88)25-40)121-56-27-42-26-55(72(56)125-83-73(70(107)69(106)57(34-100)122-83)124-60-31-85(7,75(109)37(5)119-60)93-32-41-13-11-12-14-46(41)86)120-53-19-16-39(24-47(53)87)67(104)65(98-76(110)49(91-8)22-35(2)3)80(114)94-50(29-58(89)103)77(111)95-63(42)79(113)96-62/h11-20,23-28,35-37,49-50,57,59-60,62-67,69-71,73-75,83,91-93,100-102,104-109H,9-10,21-22,29-34,90H2,1-8H3,(H2,89,103)(H,94,114)(H,95,111)(H,96,113)(H,97,115)(H,98,110)(H,99,112)(H,116,117)/t36-,37-,49+,50-,57-,59-,60-,62+,63+,64+,65+,66-,67+,69-,70+,71+,73-,74+,75+,83+,84-,85-/m0/s1. The van der Waals surface area contributed by atoms with E-state index in [2.05, 4.69) is 63.8 Å². The number of primary amides is 1. The van der Waals surface area contributed by atoms with E-state index in [0.29, 0.717) is 13.0 Å². The highest BCUT2D eigenvalue weighted by Crippen LogP contribution is 2.51. The van der Waals surface area contributed by atoms with Crippen LogP contribution in [0.4, 0.5) is 0 Å². The largest absolute Gasteiger partial charge is 0.507 e. The van der Waals surface area contributed by atoms with Gasteiger partial charge in [0.1, 0.15) is 89.5 Å². The number of nitrogens with one attached hydrogen (secondary N) is 9. The lowest BCUT2D eigenvalue weighted by Crippen LogP contribution is -2.65. The van der Waals surface area contributed by atoms with Crippen molar-refractivity contribution in [3.8, 4) is 57.1 Å². The van der Waals surface area contributed by atoms with Crippen LogP contribution in [0.5, 0.6) is 46.0 Å². The SMILES string of the molecule is CCCCNCc1c(O)cc2c(c1O)-c1cc(ccc1O)[C@H]1NC(=O)[C@@H]3NC(=O)[C@H](CC(N)=O)NC(=O)[C@H](NC(=O)[C@@H](CC(C)C)NC)[C@H](O)c4ccc(c(Cl)c4)Oc4cc3cc(c4O[C@H]3O[C@@H](CO)[C@H](O)[C@@H](O)[C@@H]3O[C@H]3C[C@](C)(NCc4ccccc4Br)[C@H](O)[C@H](C)O3)Oc3ccc(cc3Cl)[C@@H](O[C@H]3C[C@](C)(N)[C@H](O)[C@H](C)O3)[C@H](NC1=O)C(=O)N[C@H]2C(=O)O. The molecule has 0 aromatic heterocycles. The van der Waals surface area contributed by atoms with Crippen LogP contribution in [0.15, 0.2) is 102 Å². The highest BCUT2D eigenvalue weighted by molar-refractivity contribution is 9.10. The minimum atomic E-state index is -2.40. The van der Waals surface area contributed by atoms with Crippen molar-refractivity contribution in [3.05, 3.63) is 151 Å². The number of amides is 7. The molecular formula is C85H104BrCl2N11O26. The Kier molecular flexibility index (Phi) is 30.0. The van der Waals surface area contributed by atoms with E-state index >= 15 is 24.0 Å². The molecule has 0 unspecified atom stereocenters. The van der Waals surface area contributed by atoms with Gasteiger partial charge in [0.2, 0.25) is 53.4 Å². The van der Waals surface area contributed by atoms with Crippen LogP contribution in [0.3, 0.4) is 0 Å². The average Bonchev–Trinajstić information content (AvgIpc) is 0.757. The minimum absolute atomic E-state index is 0.118. The Morgan fingerprint density at radius 1 is 0.696 bits per heavy atom. The summed E-state index contributed by atoms with van der Waals surface area (Å²) in [5.41, 5.74) is 7.70. The molecule has 0 aliphatic carbocycles. The van der Waals surface area contributed by atoms with Crippen molar-refractivity contribution in [3.63, 3.8) is 0 Å². The fourth-order valence-corrected chi connectivity index (χ4v) is 17.0. The molecule has 0 spiro atoms. The number of benzene rings is 6. The van der Waals surface area contributed by atoms with Crippen molar-refractivity contribution in [2.75, 3.05) is 20.2 Å². The molecule has 0 radical (unpaired) electrons. The van der Waals surface area contributed by atoms with Crippen LogP contribution in [0, 0.1) is 5.92 Å². The third-order valence-electron chi connectivity index (χ3n) is 23.0. The van der Waals surface area contributed by atoms with Crippen LogP contribution in [-0.4, -0.2) is 222 Å². The number of nitrogens with two attached hydrogens (primary N) is 2. The number of carboxylic acid groups (broad SMARTS) is 1. The van der Waals surface area contributed by atoms with Gasteiger partial charge in [-0.25, -0.2) is 4.79 Å². The van der Waals surface area contributed by atoms with Gasteiger partial charge in [-0.2, -0.15) is 0 Å². The highest BCUT2D eigenvalue weighted by atomic mass is 79.9. The molecule has 11 bridgehead atoms. The average molecular weight is 1850 g/mol. The lowest BCUT2D eigenvalue weighted by atomic mass is 9.84. The molecule has 14 rings (SSSR count). The van der Waals surface area contributed by atoms with Crippen LogP contribution >= 0.6 is 39.1 Å². The molecule has 3 fully saturated rings. The lowest BCUT2D eigenvalue weighted by Gasteiger charge is -2.48. The van der Waals surface area contributed by atoms with Crippen molar-refractivity contribution >= 4 is 86.5 Å². The number of fused-ring (bicyclic) bond motifs is 15. The zero-order chi connectivity index (χ0) is 90.7. The number of phenolic OH excluding ortho intramolecular Hbond substituents is 3. The fraction of sp³-hybridized carbons (Fsp3) is 0.482. The summed E-state index contributed by atoms with van der Waals surface area (Å²) in [4.78, 5) is 122. The van der Waals surface area contributed by atoms with Crippen molar-refractivity contribution in [1.29, 1.82) is 0 Å². The molecular weight excluding hydrogens is 1740 g/mol. The summed E-state index contributed by atoms with van der Waals surface area (Å²) in [5.74, 6) is -16.0. The number of rotatable bonds is 23. The molecule has 6 aromatic rings. The Bertz CT molecular complexity index is 5040. The van der Waals surface area contributed by atoms with Gasteiger partial charge in [0, 0.05) is 58.2 Å². The van der Waals surface area contributed by atoms with Gasteiger partial charge in [-0.3, -0.25) is 33.6 Å². The van der Waals surface area contributed by atoms with Gasteiger partial charge in [0.15, 0.2) is 36.2 Å². The van der Waals surface area contributed by atoms with Crippen LogP contribution in [0.2, 0.25) is 10.0 Å². The van der Waals surface area contributed by atoms with E-state index in [-0.39, 0.29) is 71.3 Å². The quantitative estimate of drug-likeness (QED) is 0.0405. The Morgan fingerprint density at radius 2 is 1.32 bits per heavy atom. The number of carbonyl (C=O) groups is 8. The summed E-state index contributed by atoms with van der Waals surface area (Å²) in [6.07, 6.45) is -21.5. The zero-order valence-corrected chi connectivity index (χ0v) is 72.3. The predicted octanol–water partition coefficient (Wildman–Crippen LogP) is 3.83. The lowest BCUT2D eigenvalue weighted by molar-refractivity contribution is -0.334. The van der Waals surface area contributed by atoms with Crippen molar-refractivity contribution < 1.29 is 127 Å². The summed E-state index contributed by atoms with van der Waals surface area (Å²) in [6, 6.07) is 6.32. The van der Waals surface area contributed by atoms with E-state index in [0.717, 1.165) is 58.9 Å². The molecule has 3 saturated heterocycles. The van der Waals surface area contributed by atoms with Gasteiger partial charge in [-0.1, -0.05) is 103 Å². The number of phenols is 3. The number of aromatic hydroxyl groups is 3. The number of carboxylic acids is 1. The number of unbranched alkanes of at least 4 members (excludes halogenated alkanes) is 1. The first-order valence-corrected chi connectivity index (χ1v) is 42.2. The Balaban J connectivity index is 1.11. The van der Waals surface area contributed by atoms with Gasteiger partial charge in [0.05, 0.1) is 59.1 Å². The first-order chi connectivity index (χ1) is 59.2. The highest BCUT2D eigenvalue weighted by Gasteiger charge is 2.53. The first-order valence-electron chi connectivity index (χ1n) is 40.7. The predicted molar refractivity (Wildman–Crippen MR) is 449 cm³/mol. The second kappa shape index (κ2) is 39.7. The molecule has 23 N–H and O–H groups in total.